The average Bonchev–Trinajstić information content (AvgIpc) is 2.84. The molecule has 178 valence electrons. The Balaban J connectivity index is 1.96. The predicted molar refractivity (Wildman–Crippen MR) is 133 cm³/mol. The van der Waals surface area contributed by atoms with Crippen LogP contribution in [-0.2, 0) is 16.1 Å². The van der Waals surface area contributed by atoms with Crippen molar-refractivity contribution in [3.8, 4) is 5.75 Å². The van der Waals surface area contributed by atoms with Crippen molar-refractivity contribution in [2.45, 2.75) is 50.7 Å². The van der Waals surface area contributed by atoms with Crippen LogP contribution in [0.25, 0.3) is 0 Å². The number of anilines is 1. The molecule has 1 N–H and O–H groups in total. The van der Waals surface area contributed by atoms with Crippen molar-refractivity contribution < 1.29 is 14.3 Å². The van der Waals surface area contributed by atoms with E-state index in [1.54, 1.807) is 12.0 Å². The van der Waals surface area contributed by atoms with E-state index >= 15 is 0 Å². The zero-order valence-electron chi connectivity index (χ0n) is 19.7. The molecule has 0 radical (unpaired) electrons. The predicted octanol–water partition coefficient (Wildman–Crippen LogP) is 4.52. The number of hydrogen-bond donors (Lipinski definition) is 1. The number of nitrogens with zero attached hydrogens (tertiary/aromatic N) is 2. The number of ether oxygens (including phenoxy) is 1. The van der Waals surface area contributed by atoms with E-state index < -0.39 is 6.04 Å². The van der Waals surface area contributed by atoms with Gasteiger partial charge in [0.25, 0.3) is 0 Å². The van der Waals surface area contributed by atoms with Crippen LogP contribution in [0.3, 0.4) is 0 Å². The van der Waals surface area contributed by atoms with Crippen LogP contribution in [-0.4, -0.2) is 49.8 Å². The van der Waals surface area contributed by atoms with Crippen molar-refractivity contribution >= 4 is 29.1 Å². The fourth-order valence-corrected chi connectivity index (χ4v) is 4.48. The molecule has 1 atom stereocenters. The van der Waals surface area contributed by atoms with Gasteiger partial charge in [0.2, 0.25) is 11.8 Å². The van der Waals surface area contributed by atoms with Crippen molar-refractivity contribution in [3.63, 3.8) is 0 Å². The minimum absolute atomic E-state index is 0.138. The van der Waals surface area contributed by atoms with E-state index in [9.17, 15) is 9.59 Å². The lowest BCUT2D eigenvalue weighted by Gasteiger charge is -2.33. The quantitative estimate of drug-likeness (QED) is 0.546. The number of rotatable bonds is 9. The number of halogens is 1. The largest absolute Gasteiger partial charge is 0.497 e. The summed E-state index contributed by atoms with van der Waals surface area (Å²) in [7, 11) is 5.54. The highest BCUT2D eigenvalue weighted by molar-refractivity contribution is 6.27. The van der Waals surface area contributed by atoms with E-state index in [2.05, 4.69) is 5.32 Å². The first-order chi connectivity index (χ1) is 15.9. The Morgan fingerprint density at radius 3 is 2.39 bits per heavy atom. The van der Waals surface area contributed by atoms with Crippen molar-refractivity contribution in [1.29, 1.82) is 0 Å². The Morgan fingerprint density at radius 1 is 1.09 bits per heavy atom. The van der Waals surface area contributed by atoms with Gasteiger partial charge in [-0.1, -0.05) is 43.5 Å². The molecule has 1 aliphatic carbocycles. The summed E-state index contributed by atoms with van der Waals surface area (Å²) in [5.74, 6) is 0.0394. The van der Waals surface area contributed by atoms with E-state index in [4.69, 9.17) is 16.3 Å². The van der Waals surface area contributed by atoms with Crippen LogP contribution in [0.4, 0.5) is 5.69 Å². The van der Waals surface area contributed by atoms with Crippen LogP contribution in [0.5, 0.6) is 5.75 Å². The molecular formula is C26H34ClN3O3. The number of methoxy groups -OCH3 is 1. The summed E-state index contributed by atoms with van der Waals surface area (Å²) in [5, 5.41) is 3.21. The standard InChI is InChI=1S/C26H34ClN3O3/c1-29(2)22-14-12-20(13-15-22)25(26(32)28-21-9-5-4-6-10-21)30(24(31)17-27)18-19-8-7-11-23(16-19)33-3/h7-8,11-16,21,25H,4-6,9-10,17-18H2,1-3H3,(H,28,32)/t25-/m0/s1. The second kappa shape index (κ2) is 11.9. The molecule has 2 aromatic carbocycles. The monoisotopic (exact) mass is 471 g/mol. The maximum Gasteiger partial charge on any atom is 0.247 e. The molecule has 0 saturated heterocycles. The highest BCUT2D eigenvalue weighted by Crippen LogP contribution is 2.28. The first-order valence-electron chi connectivity index (χ1n) is 11.5. The number of benzene rings is 2. The zero-order valence-corrected chi connectivity index (χ0v) is 20.5. The van der Waals surface area contributed by atoms with Crippen LogP contribution in [0.2, 0.25) is 0 Å². The lowest BCUT2D eigenvalue weighted by atomic mass is 9.94. The fourth-order valence-electron chi connectivity index (χ4n) is 4.32. The normalized spacial score (nSPS) is 14.9. The molecule has 33 heavy (non-hydrogen) atoms. The van der Waals surface area contributed by atoms with Crippen molar-refractivity contribution in [3.05, 3.63) is 59.7 Å². The summed E-state index contributed by atoms with van der Waals surface area (Å²) in [5.41, 5.74) is 2.65. The molecular weight excluding hydrogens is 438 g/mol. The molecule has 2 aromatic rings. The van der Waals surface area contributed by atoms with Gasteiger partial charge >= 0.3 is 0 Å². The zero-order chi connectivity index (χ0) is 23.8. The maximum absolute atomic E-state index is 13.6. The van der Waals surface area contributed by atoms with Gasteiger partial charge in [-0.05, 0) is 48.2 Å². The molecule has 1 fully saturated rings. The topological polar surface area (TPSA) is 61.9 Å². The van der Waals surface area contributed by atoms with Gasteiger partial charge in [-0.2, -0.15) is 0 Å². The van der Waals surface area contributed by atoms with Crippen molar-refractivity contribution in [2.75, 3.05) is 32.0 Å². The van der Waals surface area contributed by atoms with E-state index in [0.717, 1.165) is 42.5 Å². The lowest BCUT2D eigenvalue weighted by molar-refractivity contribution is -0.140. The van der Waals surface area contributed by atoms with E-state index in [1.807, 2.05) is 67.5 Å². The van der Waals surface area contributed by atoms with Crippen LogP contribution in [0.1, 0.15) is 49.3 Å². The molecule has 0 aliphatic heterocycles. The lowest BCUT2D eigenvalue weighted by Crippen LogP contribution is -2.47. The number of alkyl halides is 1. The maximum atomic E-state index is 13.6. The summed E-state index contributed by atoms with van der Waals surface area (Å²) in [6.45, 7) is 0.251. The third-order valence-electron chi connectivity index (χ3n) is 6.16. The number of carbonyl (C=O) groups excluding carboxylic acids is 2. The summed E-state index contributed by atoms with van der Waals surface area (Å²) >= 11 is 6.01. The molecule has 0 spiro atoms. The van der Waals surface area contributed by atoms with Crippen LogP contribution in [0, 0.1) is 0 Å². The minimum atomic E-state index is -0.777. The van der Waals surface area contributed by atoms with Gasteiger partial charge in [0, 0.05) is 32.4 Å². The van der Waals surface area contributed by atoms with Crippen LogP contribution >= 0.6 is 11.6 Å². The Bertz CT molecular complexity index is 927. The van der Waals surface area contributed by atoms with Gasteiger partial charge in [0.05, 0.1) is 7.11 Å². The number of amides is 2. The van der Waals surface area contributed by atoms with Crippen LogP contribution < -0.4 is 15.0 Å². The first kappa shape index (κ1) is 24.9. The Morgan fingerprint density at radius 2 is 1.79 bits per heavy atom. The summed E-state index contributed by atoms with van der Waals surface area (Å²) in [6, 6.07) is 14.6. The van der Waals surface area contributed by atoms with Crippen molar-refractivity contribution in [2.24, 2.45) is 0 Å². The smallest absolute Gasteiger partial charge is 0.247 e. The molecule has 6 nitrogen and oxygen atoms in total. The van der Waals surface area contributed by atoms with E-state index in [-0.39, 0.29) is 30.3 Å². The third-order valence-corrected chi connectivity index (χ3v) is 6.39. The molecule has 1 aliphatic rings. The molecule has 2 amide bonds. The first-order valence-corrected chi connectivity index (χ1v) is 12.0. The summed E-state index contributed by atoms with van der Waals surface area (Å²) in [4.78, 5) is 30.2. The average molecular weight is 472 g/mol. The fraction of sp³-hybridized carbons (Fsp3) is 0.462. The van der Waals surface area contributed by atoms with Gasteiger partial charge in [0.15, 0.2) is 0 Å². The van der Waals surface area contributed by atoms with Crippen LogP contribution in [0.15, 0.2) is 48.5 Å². The Hall–Kier alpha value is -2.73. The Kier molecular flexibility index (Phi) is 9.01. The molecule has 0 heterocycles. The molecule has 3 rings (SSSR count). The molecule has 0 aromatic heterocycles. The van der Waals surface area contributed by atoms with Gasteiger partial charge < -0.3 is 19.9 Å². The van der Waals surface area contributed by atoms with Gasteiger partial charge in [-0.25, -0.2) is 0 Å². The summed E-state index contributed by atoms with van der Waals surface area (Å²) in [6.07, 6.45) is 5.37. The van der Waals surface area contributed by atoms with Gasteiger partial charge in [-0.15, -0.1) is 11.6 Å². The van der Waals surface area contributed by atoms with Crippen molar-refractivity contribution in [1.82, 2.24) is 10.2 Å². The van der Waals surface area contributed by atoms with Gasteiger partial charge in [0.1, 0.15) is 17.7 Å². The SMILES string of the molecule is COc1cccc(CN(C(=O)CCl)[C@H](C(=O)NC2CCCCC2)c2ccc(N(C)C)cc2)c1. The Labute approximate surface area is 201 Å². The highest BCUT2D eigenvalue weighted by atomic mass is 35.5. The highest BCUT2D eigenvalue weighted by Gasteiger charge is 2.32. The third kappa shape index (κ3) is 6.64. The molecule has 0 bridgehead atoms. The second-order valence-electron chi connectivity index (χ2n) is 8.74. The number of carbonyl (C=O) groups is 2. The van der Waals surface area contributed by atoms with E-state index in [0.29, 0.717) is 5.75 Å². The molecule has 1 saturated carbocycles. The summed E-state index contributed by atoms with van der Waals surface area (Å²) < 4.78 is 5.34. The van der Waals surface area contributed by atoms with E-state index in [1.165, 1.54) is 6.42 Å². The number of hydrogen-bond acceptors (Lipinski definition) is 4. The molecule has 0 unspecified atom stereocenters. The second-order valence-corrected chi connectivity index (χ2v) is 9.01. The molecule has 7 heteroatoms. The minimum Gasteiger partial charge on any atom is -0.497 e. The number of nitrogens with one attached hydrogen (secondary N) is 1. The van der Waals surface area contributed by atoms with Gasteiger partial charge in [-0.3, -0.25) is 9.59 Å².